The van der Waals surface area contributed by atoms with E-state index in [4.69, 9.17) is 0 Å². The third kappa shape index (κ3) is 5.00. The number of Topliss-reactive ketones (excluding diaryl/α,β-unsaturated/α-hetero) is 1. The first-order chi connectivity index (χ1) is 11.6. The van der Waals surface area contributed by atoms with Gasteiger partial charge in [-0.2, -0.15) is 0 Å². The first-order valence-corrected chi connectivity index (χ1v) is 8.74. The molecule has 132 valence electrons. The highest BCUT2D eigenvalue weighted by Crippen LogP contribution is 2.23. The second-order valence-electron chi connectivity index (χ2n) is 6.94. The van der Waals surface area contributed by atoms with E-state index in [1.54, 1.807) is 33.8 Å². The molecule has 1 aromatic carbocycles. The molecule has 0 spiro atoms. The van der Waals surface area contributed by atoms with Gasteiger partial charge in [-0.05, 0) is 58.4 Å². The van der Waals surface area contributed by atoms with Crippen molar-refractivity contribution in [2.45, 2.75) is 40.2 Å². The minimum atomic E-state index is -0.667. The highest BCUT2D eigenvalue weighted by Gasteiger charge is 2.25. The lowest BCUT2D eigenvalue weighted by molar-refractivity contribution is -0.118. The Hall–Kier alpha value is -2.47. The molecule has 1 heterocycles. The number of carbonyl (C=O) groups is 3. The molecule has 25 heavy (non-hydrogen) atoms. The van der Waals surface area contributed by atoms with Crippen LogP contribution in [0.3, 0.4) is 0 Å². The molecule has 6 heteroatoms. The molecule has 0 saturated carbocycles. The maximum absolute atomic E-state index is 12.5. The van der Waals surface area contributed by atoms with Crippen molar-refractivity contribution in [3.63, 3.8) is 0 Å². The number of nitrogens with one attached hydrogen (secondary N) is 2. The third-order valence-electron chi connectivity index (χ3n) is 3.36. The van der Waals surface area contributed by atoms with Crippen LogP contribution in [0.4, 0.5) is 5.69 Å². The molecule has 1 aromatic heterocycles. The summed E-state index contributed by atoms with van der Waals surface area (Å²) in [5, 5.41) is 5.45. The number of aryl methyl sites for hydroxylation is 2. The van der Waals surface area contributed by atoms with Gasteiger partial charge in [-0.1, -0.05) is 12.1 Å². The van der Waals surface area contributed by atoms with Crippen molar-refractivity contribution in [2.75, 3.05) is 5.32 Å². The summed E-state index contributed by atoms with van der Waals surface area (Å²) < 4.78 is 0. The van der Waals surface area contributed by atoms with Gasteiger partial charge < -0.3 is 10.6 Å². The molecule has 0 aliphatic rings. The molecule has 0 aliphatic heterocycles. The second-order valence-corrected chi connectivity index (χ2v) is 8.19. The van der Waals surface area contributed by atoms with E-state index in [-0.39, 0.29) is 10.8 Å². The predicted octanol–water partition coefficient (Wildman–Crippen LogP) is 3.71. The second kappa shape index (κ2) is 7.19. The first-order valence-electron chi connectivity index (χ1n) is 7.92. The number of thiophene rings is 1. The van der Waals surface area contributed by atoms with Crippen molar-refractivity contribution in [1.82, 2.24) is 5.32 Å². The molecule has 2 N–H and O–H groups in total. The van der Waals surface area contributed by atoms with E-state index in [0.29, 0.717) is 16.1 Å². The quantitative estimate of drug-likeness (QED) is 0.646. The number of hydrogen-bond donors (Lipinski definition) is 2. The number of carbonyl (C=O) groups excluding carboxylic acids is 3. The Kier molecular flexibility index (Phi) is 5.42. The summed E-state index contributed by atoms with van der Waals surface area (Å²) in [5.41, 5.74) is 1.63. The van der Waals surface area contributed by atoms with Crippen molar-refractivity contribution in [1.29, 1.82) is 0 Å². The summed E-state index contributed by atoms with van der Waals surface area (Å²) in [6.45, 7) is 9.11. The van der Waals surface area contributed by atoms with E-state index in [1.807, 2.05) is 25.1 Å². The summed E-state index contributed by atoms with van der Waals surface area (Å²) >= 11 is 1.15. The zero-order valence-electron chi connectivity index (χ0n) is 15.0. The molecule has 0 radical (unpaired) electrons. The van der Waals surface area contributed by atoms with E-state index in [9.17, 15) is 14.4 Å². The Balaban J connectivity index is 2.17. The van der Waals surface area contributed by atoms with Crippen molar-refractivity contribution in [3.8, 4) is 0 Å². The topological polar surface area (TPSA) is 75.3 Å². The van der Waals surface area contributed by atoms with Gasteiger partial charge >= 0.3 is 0 Å². The lowest BCUT2D eigenvalue weighted by Gasteiger charge is -2.19. The molecule has 0 bridgehead atoms. The van der Waals surface area contributed by atoms with E-state index in [2.05, 4.69) is 10.6 Å². The van der Waals surface area contributed by atoms with Gasteiger partial charge in [0.05, 0.1) is 10.4 Å². The Labute approximate surface area is 151 Å². The fraction of sp³-hybridized carbons (Fsp3) is 0.316. The van der Waals surface area contributed by atoms with E-state index in [1.165, 1.54) is 6.07 Å². The molecule has 0 atom stereocenters. The Bertz CT molecular complexity index is 831. The van der Waals surface area contributed by atoms with Crippen molar-refractivity contribution in [2.24, 2.45) is 0 Å². The maximum Gasteiger partial charge on any atom is 0.293 e. The highest BCUT2D eigenvalue weighted by molar-refractivity contribution is 7.15. The molecule has 0 unspecified atom stereocenters. The van der Waals surface area contributed by atoms with Gasteiger partial charge in [0.25, 0.3) is 17.6 Å². The first kappa shape index (κ1) is 18.9. The Morgan fingerprint density at radius 3 is 2.32 bits per heavy atom. The van der Waals surface area contributed by atoms with Crippen LogP contribution in [0.1, 0.15) is 51.2 Å². The van der Waals surface area contributed by atoms with Gasteiger partial charge in [0.1, 0.15) is 0 Å². The minimum absolute atomic E-state index is 0.258. The molecule has 2 aromatic rings. The van der Waals surface area contributed by atoms with Crippen LogP contribution >= 0.6 is 11.3 Å². The lowest BCUT2D eigenvalue weighted by atomic mass is 10.1. The van der Waals surface area contributed by atoms with Crippen LogP contribution in [-0.4, -0.2) is 23.1 Å². The summed E-state index contributed by atoms with van der Waals surface area (Å²) in [7, 11) is 0. The molecule has 2 rings (SSSR count). The largest absolute Gasteiger partial charge is 0.345 e. The van der Waals surface area contributed by atoms with Crippen LogP contribution < -0.4 is 10.6 Å². The molecule has 2 amide bonds. The molecule has 0 saturated heterocycles. The lowest BCUT2D eigenvalue weighted by Crippen LogP contribution is -2.44. The maximum atomic E-state index is 12.5. The van der Waals surface area contributed by atoms with Crippen LogP contribution in [0.5, 0.6) is 0 Å². The zero-order valence-corrected chi connectivity index (χ0v) is 15.8. The van der Waals surface area contributed by atoms with E-state index in [0.717, 1.165) is 16.9 Å². The number of benzene rings is 1. The van der Waals surface area contributed by atoms with E-state index < -0.39 is 17.2 Å². The SMILES string of the molecule is Cc1cccc(NC(=O)c2cc(C(=O)C(=O)NC(C)(C)C)sc2C)c1. The zero-order chi connectivity index (χ0) is 18.8. The van der Waals surface area contributed by atoms with Gasteiger partial charge in [-0.3, -0.25) is 14.4 Å². The van der Waals surface area contributed by atoms with Crippen LogP contribution in [0.2, 0.25) is 0 Å². The van der Waals surface area contributed by atoms with Gasteiger partial charge in [0, 0.05) is 16.1 Å². The Morgan fingerprint density at radius 1 is 1.04 bits per heavy atom. The monoisotopic (exact) mass is 358 g/mol. The normalized spacial score (nSPS) is 11.1. The predicted molar refractivity (Wildman–Crippen MR) is 100 cm³/mol. The standard InChI is InChI=1S/C19H22N2O3S/c1-11-7-6-8-13(9-11)20-17(23)14-10-15(25-12(14)2)16(22)18(24)21-19(3,4)5/h6-10H,1-5H3,(H,20,23)(H,21,24). The number of hydrogen-bond acceptors (Lipinski definition) is 4. The smallest absolute Gasteiger partial charge is 0.293 e. The third-order valence-corrected chi connectivity index (χ3v) is 4.41. The van der Waals surface area contributed by atoms with Crippen molar-refractivity contribution >= 4 is 34.6 Å². The minimum Gasteiger partial charge on any atom is -0.345 e. The summed E-state index contributed by atoms with van der Waals surface area (Å²) in [4.78, 5) is 37.7. The van der Waals surface area contributed by atoms with Gasteiger partial charge in [-0.25, -0.2) is 0 Å². The van der Waals surface area contributed by atoms with Crippen molar-refractivity contribution in [3.05, 3.63) is 51.2 Å². The average Bonchev–Trinajstić information content (AvgIpc) is 2.86. The number of rotatable bonds is 4. The molecule has 0 aliphatic carbocycles. The Morgan fingerprint density at radius 2 is 1.72 bits per heavy atom. The van der Waals surface area contributed by atoms with Crippen LogP contribution in [0, 0.1) is 13.8 Å². The molecular weight excluding hydrogens is 336 g/mol. The fourth-order valence-electron chi connectivity index (χ4n) is 2.25. The van der Waals surface area contributed by atoms with Gasteiger partial charge in [0.15, 0.2) is 0 Å². The van der Waals surface area contributed by atoms with Gasteiger partial charge in [-0.15, -0.1) is 11.3 Å². The van der Waals surface area contributed by atoms with Gasteiger partial charge in [0.2, 0.25) is 0 Å². The fourth-order valence-corrected chi connectivity index (χ4v) is 3.20. The highest BCUT2D eigenvalue weighted by atomic mass is 32.1. The van der Waals surface area contributed by atoms with Crippen molar-refractivity contribution < 1.29 is 14.4 Å². The number of ketones is 1. The molecule has 5 nitrogen and oxygen atoms in total. The van der Waals surface area contributed by atoms with Crippen LogP contribution in [-0.2, 0) is 4.79 Å². The molecular formula is C19H22N2O3S. The average molecular weight is 358 g/mol. The number of amides is 2. The summed E-state index contributed by atoms with van der Waals surface area (Å²) in [6.07, 6.45) is 0. The number of anilines is 1. The van der Waals surface area contributed by atoms with Crippen LogP contribution in [0.15, 0.2) is 30.3 Å². The molecule has 0 fully saturated rings. The summed E-state index contributed by atoms with van der Waals surface area (Å²) in [6, 6.07) is 8.95. The summed E-state index contributed by atoms with van der Waals surface area (Å²) in [5.74, 6) is -1.59. The van der Waals surface area contributed by atoms with E-state index >= 15 is 0 Å². The van der Waals surface area contributed by atoms with Crippen LogP contribution in [0.25, 0.3) is 0 Å².